The van der Waals surface area contributed by atoms with Gasteiger partial charge >= 0.3 is 5.97 Å². The van der Waals surface area contributed by atoms with E-state index in [2.05, 4.69) is 5.16 Å². The van der Waals surface area contributed by atoms with Gasteiger partial charge in [0, 0.05) is 11.1 Å². The van der Waals surface area contributed by atoms with Gasteiger partial charge in [0.05, 0.1) is 6.21 Å². The summed E-state index contributed by atoms with van der Waals surface area (Å²) >= 11 is 0. The van der Waals surface area contributed by atoms with Crippen molar-refractivity contribution < 1.29 is 19.8 Å². The fourth-order valence-corrected chi connectivity index (χ4v) is 2.07. The number of carbonyl (C=O) groups is 1. The van der Waals surface area contributed by atoms with E-state index in [9.17, 15) is 4.79 Å². The molecule has 0 radical (unpaired) electrons. The minimum atomic E-state index is -0.987. The van der Waals surface area contributed by atoms with Gasteiger partial charge in [-0.25, -0.2) is 4.79 Å². The molecule has 0 bridgehead atoms. The summed E-state index contributed by atoms with van der Waals surface area (Å²) in [6, 6.07) is 1.88. The van der Waals surface area contributed by atoms with Crippen LogP contribution in [0.15, 0.2) is 11.2 Å². The van der Waals surface area contributed by atoms with Gasteiger partial charge in [0.2, 0.25) is 0 Å². The molecule has 0 amide bonds. The van der Waals surface area contributed by atoms with Crippen LogP contribution in [0.4, 0.5) is 0 Å². The van der Waals surface area contributed by atoms with Gasteiger partial charge in [-0.15, -0.1) is 0 Å². The van der Waals surface area contributed by atoms with Crippen LogP contribution in [0.3, 0.4) is 0 Å². The SMILES string of the molecule is CCC(Oc1c(C)cc(C)c(/C=N\O)c1C)C(=O)O. The van der Waals surface area contributed by atoms with Gasteiger partial charge in [-0.2, -0.15) is 0 Å². The normalized spacial score (nSPS) is 12.6. The zero-order valence-corrected chi connectivity index (χ0v) is 11.6. The number of oxime groups is 1. The van der Waals surface area contributed by atoms with Crippen molar-refractivity contribution in [1.29, 1.82) is 0 Å². The fraction of sp³-hybridized carbons (Fsp3) is 0.429. The molecule has 5 heteroatoms. The van der Waals surface area contributed by atoms with Gasteiger partial charge in [-0.1, -0.05) is 18.1 Å². The standard InChI is InChI=1S/C14H19NO4/c1-5-12(14(16)17)19-13-9(3)6-8(2)11(7-15-18)10(13)4/h6-7,12,18H,5H2,1-4H3,(H,16,17)/b15-7-. The van der Waals surface area contributed by atoms with Gasteiger partial charge in [-0.05, 0) is 38.3 Å². The first kappa shape index (κ1) is 15.0. The molecule has 19 heavy (non-hydrogen) atoms. The topological polar surface area (TPSA) is 79.1 Å². The molecule has 0 aliphatic carbocycles. The molecule has 0 aliphatic heterocycles. The average molecular weight is 265 g/mol. The van der Waals surface area contributed by atoms with Crippen LogP contribution in [0.2, 0.25) is 0 Å². The highest BCUT2D eigenvalue weighted by molar-refractivity contribution is 5.85. The second kappa shape index (κ2) is 6.22. The Morgan fingerprint density at radius 2 is 2.05 bits per heavy atom. The van der Waals surface area contributed by atoms with Gasteiger partial charge < -0.3 is 15.1 Å². The van der Waals surface area contributed by atoms with E-state index < -0.39 is 12.1 Å². The van der Waals surface area contributed by atoms with E-state index in [0.717, 1.165) is 22.3 Å². The molecule has 0 heterocycles. The Hall–Kier alpha value is -2.04. The number of nitrogens with zero attached hydrogens (tertiary/aromatic N) is 1. The summed E-state index contributed by atoms with van der Waals surface area (Å²) in [6.45, 7) is 7.34. The highest BCUT2D eigenvalue weighted by Gasteiger charge is 2.20. The predicted molar refractivity (Wildman–Crippen MR) is 72.4 cm³/mol. The van der Waals surface area contributed by atoms with Crippen LogP contribution in [0, 0.1) is 20.8 Å². The molecule has 1 unspecified atom stereocenters. The Balaban J connectivity index is 3.27. The highest BCUT2D eigenvalue weighted by atomic mass is 16.5. The summed E-state index contributed by atoms with van der Waals surface area (Å²) in [7, 11) is 0. The minimum absolute atomic E-state index is 0.380. The summed E-state index contributed by atoms with van der Waals surface area (Å²) in [5, 5.41) is 20.8. The summed E-state index contributed by atoms with van der Waals surface area (Å²) in [5.41, 5.74) is 3.33. The summed E-state index contributed by atoms with van der Waals surface area (Å²) in [6.07, 6.45) is 0.837. The minimum Gasteiger partial charge on any atom is -0.479 e. The predicted octanol–water partition coefficient (Wildman–Crippen LogP) is 2.66. The van der Waals surface area contributed by atoms with Crippen molar-refractivity contribution in [2.45, 2.75) is 40.2 Å². The zero-order valence-electron chi connectivity index (χ0n) is 11.6. The van der Waals surface area contributed by atoms with Crippen LogP contribution in [0.25, 0.3) is 0 Å². The third-order valence-corrected chi connectivity index (χ3v) is 3.05. The lowest BCUT2D eigenvalue weighted by molar-refractivity contribution is -0.145. The number of benzene rings is 1. The molecule has 0 saturated carbocycles. The number of aliphatic carboxylic acids is 1. The fourth-order valence-electron chi connectivity index (χ4n) is 2.07. The number of rotatable bonds is 5. The molecule has 0 saturated heterocycles. The monoisotopic (exact) mass is 265 g/mol. The zero-order chi connectivity index (χ0) is 14.6. The van der Waals surface area contributed by atoms with Crippen LogP contribution in [-0.2, 0) is 4.79 Å². The van der Waals surface area contributed by atoms with Crippen molar-refractivity contribution in [3.8, 4) is 5.75 Å². The smallest absolute Gasteiger partial charge is 0.344 e. The van der Waals surface area contributed by atoms with E-state index in [0.29, 0.717) is 12.2 Å². The Kier molecular flexibility index (Phi) is 4.92. The van der Waals surface area contributed by atoms with Gasteiger partial charge in [0.25, 0.3) is 0 Å². The third kappa shape index (κ3) is 3.24. The van der Waals surface area contributed by atoms with Crippen LogP contribution in [0.5, 0.6) is 5.75 Å². The van der Waals surface area contributed by atoms with Gasteiger partial charge in [-0.3, -0.25) is 0 Å². The summed E-state index contributed by atoms with van der Waals surface area (Å²) in [4.78, 5) is 11.0. The Morgan fingerprint density at radius 1 is 1.42 bits per heavy atom. The van der Waals surface area contributed by atoms with Crippen LogP contribution >= 0.6 is 0 Å². The van der Waals surface area contributed by atoms with Gasteiger partial charge in [0.15, 0.2) is 6.10 Å². The highest BCUT2D eigenvalue weighted by Crippen LogP contribution is 2.29. The molecule has 104 valence electrons. The Labute approximate surface area is 112 Å². The lowest BCUT2D eigenvalue weighted by Gasteiger charge is -2.19. The molecule has 1 atom stereocenters. The quantitative estimate of drug-likeness (QED) is 0.487. The molecule has 2 N–H and O–H groups in total. The Morgan fingerprint density at radius 3 is 2.53 bits per heavy atom. The van der Waals surface area contributed by atoms with E-state index >= 15 is 0 Å². The molecule has 1 aromatic rings. The molecule has 0 aromatic heterocycles. The van der Waals surface area contributed by atoms with E-state index in [-0.39, 0.29) is 0 Å². The molecule has 0 fully saturated rings. The number of ether oxygens (including phenoxy) is 1. The van der Waals surface area contributed by atoms with Crippen molar-refractivity contribution >= 4 is 12.2 Å². The molecular weight excluding hydrogens is 246 g/mol. The number of carboxylic acids is 1. The molecule has 5 nitrogen and oxygen atoms in total. The van der Waals surface area contributed by atoms with Crippen molar-refractivity contribution in [1.82, 2.24) is 0 Å². The summed E-state index contributed by atoms with van der Waals surface area (Å²) in [5.74, 6) is -0.450. The lowest BCUT2D eigenvalue weighted by Crippen LogP contribution is -2.26. The van der Waals surface area contributed by atoms with E-state index in [1.165, 1.54) is 6.21 Å². The summed E-state index contributed by atoms with van der Waals surface area (Å²) < 4.78 is 5.59. The maximum absolute atomic E-state index is 11.0. The van der Waals surface area contributed by atoms with E-state index in [1.54, 1.807) is 6.92 Å². The molecular formula is C14H19NO4. The number of aryl methyl sites for hydroxylation is 2. The first-order valence-electron chi connectivity index (χ1n) is 6.10. The average Bonchev–Trinajstić information content (AvgIpc) is 2.34. The first-order chi connectivity index (χ1) is 8.92. The second-order valence-corrected chi connectivity index (χ2v) is 4.48. The van der Waals surface area contributed by atoms with Crippen molar-refractivity contribution in [3.63, 3.8) is 0 Å². The third-order valence-electron chi connectivity index (χ3n) is 3.05. The molecule has 0 aliphatic rings. The number of carboxylic acid groups (broad SMARTS) is 1. The first-order valence-corrected chi connectivity index (χ1v) is 6.10. The maximum Gasteiger partial charge on any atom is 0.344 e. The molecule has 1 aromatic carbocycles. The Bertz CT molecular complexity index is 509. The number of hydrogen-bond donors (Lipinski definition) is 2. The van der Waals surface area contributed by atoms with Crippen molar-refractivity contribution in [3.05, 3.63) is 28.3 Å². The van der Waals surface area contributed by atoms with Gasteiger partial charge in [0.1, 0.15) is 5.75 Å². The molecule has 1 rings (SSSR count). The number of hydrogen-bond acceptors (Lipinski definition) is 4. The van der Waals surface area contributed by atoms with Crippen molar-refractivity contribution in [2.24, 2.45) is 5.16 Å². The molecule has 0 spiro atoms. The van der Waals surface area contributed by atoms with Crippen LogP contribution in [-0.4, -0.2) is 28.6 Å². The van der Waals surface area contributed by atoms with Crippen LogP contribution in [0.1, 0.15) is 35.6 Å². The van der Waals surface area contributed by atoms with E-state index in [4.69, 9.17) is 15.1 Å². The maximum atomic E-state index is 11.0. The van der Waals surface area contributed by atoms with Crippen LogP contribution < -0.4 is 4.74 Å². The van der Waals surface area contributed by atoms with E-state index in [1.807, 2.05) is 26.8 Å². The van der Waals surface area contributed by atoms with Crippen molar-refractivity contribution in [2.75, 3.05) is 0 Å². The largest absolute Gasteiger partial charge is 0.479 e. The second-order valence-electron chi connectivity index (χ2n) is 4.48. The lowest BCUT2D eigenvalue weighted by atomic mass is 9.99.